The van der Waals surface area contributed by atoms with Gasteiger partial charge in [-0.15, -0.1) is 0 Å². The summed E-state index contributed by atoms with van der Waals surface area (Å²) in [6, 6.07) is 8.19. The molecule has 0 spiro atoms. The van der Waals surface area contributed by atoms with Crippen LogP contribution in [0.25, 0.3) is 6.08 Å². The van der Waals surface area contributed by atoms with Gasteiger partial charge in [0.2, 0.25) is 5.88 Å². The minimum absolute atomic E-state index is 0.281. The lowest BCUT2D eigenvalue weighted by atomic mass is 10.2. The van der Waals surface area contributed by atoms with E-state index in [4.69, 9.17) is 33.0 Å². The maximum Gasteiger partial charge on any atom is 0.328 e. The highest BCUT2D eigenvalue weighted by Crippen LogP contribution is 2.30. The van der Waals surface area contributed by atoms with Gasteiger partial charge in [0.1, 0.15) is 5.75 Å². The SMILES string of the molecule is O=C(O)/C=C/c1cccnc1Oc1ccc(Cl)c(Cl)c1. The number of halogens is 2. The third-order valence-corrected chi connectivity index (χ3v) is 3.05. The summed E-state index contributed by atoms with van der Waals surface area (Å²) in [7, 11) is 0. The molecule has 102 valence electrons. The molecule has 0 aliphatic rings. The Morgan fingerprint density at radius 2 is 2.05 bits per heavy atom. The zero-order valence-electron chi connectivity index (χ0n) is 10.1. The first-order valence-corrected chi connectivity index (χ1v) is 6.31. The van der Waals surface area contributed by atoms with Crippen LogP contribution in [0.1, 0.15) is 5.56 Å². The summed E-state index contributed by atoms with van der Waals surface area (Å²) in [4.78, 5) is 14.6. The number of rotatable bonds is 4. The lowest BCUT2D eigenvalue weighted by Crippen LogP contribution is -1.92. The average Bonchev–Trinajstić information content (AvgIpc) is 2.42. The minimum Gasteiger partial charge on any atom is -0.478 e. The van der Waals surface area contributed by atoms with E-state index in [1.807, 2.05) is 0 Å². The zero-order chi connectivity index (χ0) is 14.5. The molecule has 0 fully saturated rings. The van der Waals surface area contributed by atoms with Crippen LogP contribution in [0.15, 0.2) is 42.6 Å². The standard InChI is InChI=1S/C14H9Cl2NO3/c15-11-5-4-10(8-12(11)16)20-14-9(2-1-7-17-14)3-6-13(18)19/h1-8H,(H,18,19)/b6-3+. The van der Waals surface area contributed by atoms with Crippen LogP contribution >= 0.6 is 23.2 Å². The molecular formula is C14H9Cl2NO3. The zero-order valence-corrected chi connectivity index (χ0v) is 11.6. The predicted molar refractivity (Wildman–Crippen MR) is 77.4 cm³/mol. The Kier molecular flexibility index (Phi) is 4.61. The van der Waals surface area contributed by atoms with Gasteiger partial charge in [-0.3, -0.25) is 0 Å². The molecule has 0 saturated carbocycles. The maximum atomic E-state index is 10.5. The molecule has 20 heavy (non-hydrogen) atoms. The number of ether oxygens (including phenoxy) is 1. The van der Waals surface area contributed by atoms with Gasteiger partial charge < -0.3 is 9.84 Å². The Morgan fingerprint density at radius 1 is 1.25 bits per heavy atom. The van der Waals surface area contributed by atoms with Gasteiger partial charge in [0.15, 0.2) is 0 Å². The van der Waals surface area contributed by atoms with Gasteiger partial charge in [-0.1, -0.05) is 23.2 Å². The molecule has 1 heterocycles. The molecule has 1 aromatic heterocycles. The summed E-state index contributed by atoms with van der Waals surface area (Å²) in [6.07, 6.45) is 3.96. The normalized spacial score (nSPS) is 10.7. The molecule has 0 amide bonds. The fourth-order valence-corrected chi connectivity index (χ4v) is 1.72. The number of benzene rings is 1. The topological polar surface area (TPSA) is 59.4 Å². The molecule has 4 nitrogen and oxygen atoms in total. The van der Waals surface area contributed by atoms with Gasteiger partial charge in [-0.05, 0) is 30.3 Å². The van der Waals surface area contributed by atoms with Crippen molar-refractivity contribution in [3.8, 4) is 11.6 Å². The van der Waals surface area contributed by atoms with Crippen molar-refractivity contribution in [2.75, 3.05) is 0 Å². The first-order chi connectivity index (χ1) is 9.56. The van der Waals surface area contributed by atoms with E-state index in [-0.39, 0.29) is 5.88 Å². The van der Waals surface area contributed by atoms with Gasteiger partial charge >= 0.3 is 5.97 Å². The number of hydrogen-bond acceptors (Lipinski definition) is 3. The molecule has 0 radical (unpaired) electrons. The van der Waals surface area contributed by atoms with Gasteiger partial charge in [0.05, 0.1) is 10.0 Å². The van der Waals surface area contributed by atoms with Crippen LogP contribution in [0.2, 0.25) is 10.0 Å². The van der Waals surface area contributed by atoms with Crippen molar-refractivity contribution in [2.24, 2.45) is 0 Å². The number of pyridine rings is 1. The number of aromatic nitrogens is 1. The van der Waals surface area contributed by atoms with E-state index in [9.17, 15) is 4.79 Å². The minimum atomic E-state index is -1.05. The summed E-state index contributed by atoms with van der Waals surface area (Å²) in [6.45, 7) is 0. The van der Waals surface area contributed by atoms with E-state index in [0.29, 0.717) is 21.4 Å². The highest BCUT2D eigenvalue weighted by Gasteiger charge is 2.06. The van der Waals surface area contributed by atoms with E-state index in [1.54, 1.807) is 36.5 Å². The molecular weight excluding hydrogens is 301 g/mol. The Hall–Kier alpha value is -2.04. The summed E-state index contributed by atoms with van der Waals surface area (Å²) < 4.78 is 5.58. The molecule has 1 N–H and O–H groups in total. The fourth-order valence-electron chi connectivity index (χ4n) is 1.43. The van der Waals surface area contributed by atoms with E-state index < -0.39 is 5.97 Å². The molecule has 0 atom stereocenters. The Morgan fingerprint density at radius 3 is 2.75 bits per heavy atom. The van der Waals surface area contributed by atoms with Crippen LogP contribution in [0.5, 0.6) is 11.6 Å². The molecule has 0 saturated heterocycles. The van der Waals surface area contributed by atoms with Crippen molar-refractivity contribution < 1.29 is 14.6 Å². The summed E-state index contributed by atoms with van der Waals surface area (Å²) in [5.74, 6) is -0.305. The van der Waals surface area contributed by atoms with E-state index in [0.717, 1.165) is 6.08 Å². The first-order valence-electron chi connectivity index (χ1n) is 5.55. The summed E-state index contributed by atoms with van der Waals surface area (Å²) in [5.41, 5.74) is 0.543. The van der Waals surface area contributed by atoms with E-state index in [1.165, 1.54) is 6.08 Å². The van der Waals surface area contributed by atoms with Crippen LogP contribution in [0, 0.1) is 0 Å². The molecule has 1 aromatic carbocycles. The number of carboxylic acid groups (broad SMARTS) is 1. The Balaban J connectivity index is 2.29. The van der Waals surface area contributed by atoms with Crippen LogP contribution in [-0.4, -0.2) is 16.1 Å². The molecule has 2 aromatic rings. The largest absolute Gasteiger partial charge is 0.478 e. The molecule has 0 aliphatic carbocycles. The molecule has 6 heteroatoms. The molecule has 0 bridgehead atoms. The second-order valence-electron chi connectivity index (χ2n) is 3.75. The number of carboxylic acids is 1. The van der Waals surface area contributed by atoms with Gasteiger partial charge in [-0.25, -0.2) is 9.78 Å². The third kappa shape index (κ3) is 3.73. The van der Waals surface area contributed by atoms with Gasteiger partial charge in [0.25, 0.3) is 0 Å². The third-order valence-electron chi connectivity index (χ3n) is 2.31. The van der Waals surface area contributed by atoms with Crippen LogP contribution in [-0.2, 0) is 4.79 Å². The smallest absolute Gasteiger partial charge is 0.328 e. The van der Waals surface area contributed by atoms with Crippen molar-refractivity contribution in [2.45, 2.75) is 0 Å². The van der Waals surface area contributed by atoms with Crippen molar-refractivity contribution in [3.05, 3.63) is 58.2 Å². The first kappa shape index (κ1) is 14.4. The number of aliphatic carboxylic acids is 1. The van der Waals surface area contributed by atoms with Crippen LogP contribution in [0.3, 0.4) is 0 Å². The highest BCUT2D eigenvalue weighted by molar-refractivity contribution is 6.42. The quantitative estimate of drug-likeness (QED) is 0.856. The highest BCUT2D eigenvalue weighted by atomic mass is 35.5. The van der Waals surface area contributed by atoms with Crippen molar-refractivity contribution in [1.82, 2.24) is 4.98 Å². The van der Waals surface area contributed by atoms with E-state index >= 15 is 0 Å². The maximum absolute atomic E-state index is 10.5. The van der Waals surface area contributed by atoms with Crippen LogP contribution < -0.4 is 4.74 Å². The Bertz CT molecular complexity index is 671. The van der Waals surface area contributed by atoms with E-state index in [2.05, 4.69) is 4.98 Å². The van der Waals surface area contributed by atoms with Gasteiger partial charge in [0, 0.05) is 23.9 Å². The lowest BCUT2D eigenvalue weighted by molar-refractivity contribution is -0.131. The van der Waals surface area contributed by atoms with Crippen molar-refractivity contribution >= 4 is 35.2 Å². The summed E-state index contributed by atoms with van der Waals surface area (Å²) in [5, 5.41) is 9.43. The number of carbonyl (C=O) groups is 1. The lowest BCUT2D eigenvalue weighted by Gasteiger charge is -2.08. The van der Waals surface area contributed by atoms with Gasteiger partial charge in [-0.2, -0.15) is 0 Å². The second kappa shape index (κ2) is 6.41. The summed E-state index contributed by atoms with van der Waals surface area (Å²) >= 11 is 11.7. The van der Waals surface area contributed by atoms with Crippen molar-refractivity contribution in [1.29, 1.82) is 0 Å². The number of hydrogen-bond donors (Lipinski definition) is 1. The molecule has 0 unspecified atom stereocenters. The molecule has 2 rings (SSSR count). The van der Waals surface area contributed by atoms with Crippen molar-refractivity contribution in [3.63, 3.8) is 0 Å². The number of nitrogens with zero attached hydrogens (tertiary/aromatic N) is 1. The second-order valence-corrected chi connectivity index (χ2v) is 4.56. The predicted octanol–water partition coefficient (Wildman–Crippen LogP) is 4.28. The average molecular weight is 310 g/mol. The molecule has 0 aliphatic heterocycles. The van der Waals surface area contributed by atoms with Crippen LogP contribution in [0.4, 0.5) is 0 Å². The Labute approximate surface area is 125 Å². The monoisotopic (exact) mass is 309 g/mol. The fraction of sp³-hybridized carbons (Fsp3) is 0.